The van der Waals surface area contributed by atoms with Crippen molar-refractivity contribution in [1.29, 1.82) is 0 Å². The lowest BCUT2D eigenvalue weighted by atomic mass is 9.63. The van der Waals surface area contributed by atoms with Gasteiger partial charge in [0.25, 0.3) is 0 Å². The molecule has 4 aliphatic carbocycles. The van der Waals surface area contributed by atoms with E-state index < -0.39 is 12.1 Å². The van der Waals surface area contributed by atoms with Gasteiger partial charge in [-0.25, -0.2) is 9.78 Å². The monoisotopic (exact) mass is 728 g/mol. The minimum atomic E-state index is -1.08. The fourth-order valence-electron chi connectivity index (χ4n) is 7.92. The molecule has 5 aliphatic rings. The maximum Gasteiger partial charge on any atom is 0.339 e. The first kappa shape index (κ1) is 30.5. The minimum absolute atomic E-state index is 0.122. The minimum Gasteiger partial charge on any atom is -0.451 e. The summed E-state index contributed by atoms with van der Waals surface area (Å²) in [4.78, 5) is 60.2. The molecule has 7 atom stereocenters. The van der Waals surface area contributed by atoms with Gasteiger partial charge in [0.05, 0.1) is 39.3 Å². The molecule has 2 heterocycles. The Morgan fingerprint density at radius 1 is 0.957 bits per heavy atom. The maximum atomic E-state index is 13.7. The zero-order valence-electron chi connectivity index (χ0n) is 25.2. The molecule has 1 aromatic heterocycles. The summed E-state index contributed by atoms with van der Waals surface area (Å²) in [5.41, 5.74) is 3.32. The highest BCUT2D eigenvalue weighted by molar-refractivity contribution is 9.10. The van der Waals surface area contributed by atoms with Crippen LogP contribution in [0.4, 0.5) is 5.69 Å². The summed E-state index contributed by atoms with van der Waals surface area (Å²) in [5, 5.41) is 1.36. The van der Waals surface area contributed by atoms with Crippen LogP contribution in [-0.4, -0.2) is 34.7 Å². The maximum absolute atomic E-state index is 13.7. The summed E-state index contributed by atoms with van der Waals surface area (Å²) in [7, 11) is 0. The Bertz CT molecular complexity index is 2060. The molecule has 1 saturated heterocycles. The number of ether oxygens (including phenoxy) is 1. The van der Waals surface area contributed by atoms with Gasteiger partial charge in [-0.3, -0.25) is 19.3 Å². The van der Waals surface area contributed by atoms with Crippen LogP contribution >= 0.6 is 39.1 Å². The van der Waals surface area contributed by atoms with Crippen LogP contribution in [0.15, 0.2) is 77.3 Å². The average molecular weight is 730 g/mol. The molecule has 236 valence electrons. The highest BCUT2D eigenvalue weighted by atomic mass is 79.9. The molecule has 2 bridgehead atoms. The van der Waals surface area contributed by atoms with Crippen LogP contribution in [0.5, 0.6) is 0 Å². The van der Waals surface area contributed by atoms with Gasteiger partial charge in [0.15, 0.2) is 6.10 Å². The molecule has 2 amide bonds. The Morgan fingerprint density at radius 2 is 1.62 bits per heavy atom. The number of halogens is 3. The number of hydrogen-bond donors (Lipinski definition) is 0. The number of rotatable bonds is 6. The second kappa shape index (κ2) is 11.1. The van der Waals surface area contributed by atoms with Crippen LogP contribution in [-0.2, 0) is 14.3 Å². The number of fused-ring (bicyclic) bond motifs is 1. The van der Waals surface area contributed by atoms with E-state index in [1.165, 1.54) is 17.9 Å². The summed E-state index contributed by atoms with van der Waals surface area (Å²) in [6.07, 6.45) is 4.34. The standard InChI is InChI=1S/C37H27BrCl2N2O5/c1-16-32(40)28(38)14-26-27(37(46)47-17(2)34(43)19-4-3-5-20(39)12-19)15-29(41-33(16)26)18-6-8-21(9-7-18)42-35(44)30-22-10-11-23(25-13-24(22)25)31(30)36(42)45/h3-12,14-15,17,22-25,30-31H,13H2,1-2H3. The highest BCUT2D eigenvalue weighted by Gasteiger charge is 2.67. The lowest BCUT2D eigenvalue weighted by Gasteiger charge is -2.37. The molecule has 47 heavy (non-hydrogen) atoms. The Balaban J connectivity index is 1.12. The van der Waals surface area contributed by atoms with Crippen molar-refractivity contribution < 1.29 is 23.9 Å². The molecule has 0 N–H and O–H groups in total. The first-order valence-electron chi connectivity index (χ1n) is 15.5. The van der Waals surface area contributed by atoms with E-state index in [1.807, 2.05) is 6.92 Å². The van der Waals surface area contributed by atoms with Gasteiger partial charge >= 0.3 is 5.97 Å². The smallest absolute Gasteiger partial charge is 0.339 e. The third kappa shape index (κ3) is 4.79. The molecular weight excluding hydrogens is 703 g/mol. The zero-order chi connectivity index (χ0) is 32.9. The molecule has 0 radical (unpaired) electrons. The number of imide groups is 1. The van der Waals surface area contributed by atoms with Gasteiger partial charge in [-0.2, -0.15) is 0 Å². The van der Waals surface area contributed by atoms with E-state index in [9.17, 15) is 19.2 Å². The predicted octanol–water partition coefficient (Wildman–Crippen LogP) is 8.27. The number of nitrogens with zero attached hydrogens (tertiary/aromatic N) is 2. The number of carbonyl (C=O) groups is 4. The van der Waals surface area contributed by atoms with Crippen LogP contribution < -0.4 is 4.90 Å². The number of esters is 1. The molecule has 9 rings (SSSR count). The van der Waals surface area contributed by atoms with Crippen molar-refractivity contribution in [3.63, 3.8) is 0 Å². The molecule has 0 spiro atoms. The van der Waals surface area contributed by atoms with Crippen LogP contribution in [0, 0.1) is 42.4 Å². The van der Waals surface area contributed by atoms with Crippen molar-refractivity contribution in [2.45, 2.75) is 26.4 Å². The molecule has 10 heteroatoms. The number of benzene rings is 3. The molecular formula is C37H27BrCl2N2O5. The number of hydrogen-bond acceptors (Lipinski definition) is 6. The second-order valence-electron chi connectivity index (χ2n) is 12.9. The number of aromatic nitrogens is 1. The highest BCUT2D eigenvalue weighted by Crippen LogP contribution is 2.65. The van der Waals surface area contributed by atoms with Crippen molar-refractivity contribution >= 4 is 79.3 Å². The number of aryl methyl sites for hydroxylation is 1. The van der Waals surface area contributed by atoms with Gasteiger partial charge in [0.1, 0.15) is 0 Å². The van der Waals surface area contributed by atoms with Crippen LogP contribution in [0.1, 0.15) is 39.6 Å². The third-order valence-electron chi connectivity index (χ3n) is 10.3. The summed E-state index contributed by atoms with van der Waals surface area (Å²) >= 11 is 16.1. The van der Waals surface area contributed by atoms with Gasteiger partial charge in [-0.15, -0.1) is 0 Å². The van der Waals surface area contributed by atoms with Gasteiger partial charge in [-0.1, -0.05) is 59.6 Å². The lowest BCUT2D eigenvalue weighted by Crippen LogP contribution is -2.40. The molecule has 3 aromatic carbocycles. The Hall–Kier alpha value is -3.85. The topological polar surface area (TPSA) is 93.6 Å². The number of carbonyl (C=O) groups excluding carboxylic acids is 4. The normalized spacial score (nSPS) is 25.9. The fourth-order valence-corrected chi connectivity index (χ4v) is 8.78. The van der Waals surface area contributed by atoms with E-state index in [0.717, 1.165) is 6.42 Å². The van der Waals surface area contributed by atoms with Crippen molar-refractivity contribution in [2.24, 2.45) is 35.5 Å². The molecule has 3 fully saturated rings. The molecule has 4 aromatic rings. The van der Waals surface area contributed by atoms with Crippen molar-refractivity contribution in [3.05, 3.63) is 104 Å². The van der Waals surface area contributed by atoms with Crippen molar-refractivity contribution in [3.8, 4) is 11.3 Å². The zero-order valence-corrected chi connectivity index (χ0v) is 28.3. The first-order valence-corrected chi connectivity index (χ1v) is 17.0. The van der Waals surface area contributed by atoms with E-state index in [-0.39, 0.29) is 46.8 Å². The van der Waals surface area contributed by atoms with Crippen molar-refractivity contribution in [2.75, 3.05) is 4.90 Å². The first-order chi connectivity index (χ1) is 22.5. The SMILES string of the molecule is Cc1c(Cl)c(Br)cc2c(C(=O)OC(C)C(=O)c3cccc(Cl)c3)cc(-c3ccc(N4C(=O)C5C6C=CC(C7CC67)C5C4=O)cc3)nc12. The van der Waals surface area contributed by atoms with Gasteiger partial charge < -0.3 is 4.74 Å². The van der Waals surface area contributed by atoms with Crippen LogP contribution in [0.25, 0.3) is 22.2 Å². The van der Waals surface area contributed by atoms with E-state index in [1.54, 1.807) is 54.6 Å². The summed E-state index contributed by atoms with van der Waals surface area (Å²) < 4.78 is 6.28. The second-order valence-corrected chi connectivity index (χ2v) is 14.6. The lowest BCUT2D eigenvalue weighted by molar-refractivity contribution is -0.124. The molecule has 7 nitrogen and oxygen atoms in total. The summed E-state index contributed by atoms with van der Waals surface area (Å²) in [5.74, 6) is -0.544. The van der Waals surface area contributed by atoms with E-state index in [4.69, 9.17) is 32.9 Å². The largest absolute Gasteiger partial charge is 0.451 e. The number of amides is 2. The van der Waals surface area contributed by atoms with E-state index in [0.29, 0.717) is 65.3 Å². The number of Topliss-reactive ketones (excluding diaryl/α,β-unsaturated/α-hetero) is 1. The summed E-state index contributed by atoms with van der Waals surface area (Å²) in [6.45, 7) is 3.33. The Kier molecular flexibility index (Phi) is 7.21. The molecule has 7 unspecified atom stereocenters. The quantitative estimate of drug-likeness (QED) is 0.0859. The van der Waals surface area contributed by atoms with Crippen LogP contribution in [0.3, 0.4) is 0 Å². The fraction of sp³-hybridized carbons (Fsp3) is 0.270. The molecule has 2 saturated carbocycles. The number of anilines is 1. The van der Waals surface area contributed by atoms with E-state index >= 15 is 0 Å². The number of allylic oxidation sites excluding steroid dienone is 2. The Morgan fingerprint density at radius 3 is 2.26 bits per heavy atom. The van der Waals surface area contributed by atoms with E-state index in [2.05, 4.69) is 28.1 Å². The van der Waals surface area contributed by atoms with Crippen molar-refractivity contribution in [1.82, 2.24) is 4.98 Å². The summed E-state index contributed by atoms with van der Waals surface area (Å²) in [6, 6.07) is 16.9. The molecule has 1 aliphatic heterocycles. The average Bonchev–Trinajstić information content (AvgIpc) is 3.85. The number of ketones is 1. The van der Waals surface area contributed by atoms with Crippen LogP contribution in [0.2, 0.25) is 10.0 Å². The third-order valence-corrected chi connectivity index (χ3v) is 11.9. The van der Waals surface area contributed by atoms with Gasteiger partial charge in [-0.05, 0) is 102 Å². The Labute approximate surface area is 289 Å². The predicted molar refractivity (Wildman–Crippen MR) is 182 cm³/mol. The number of pyridine rings is 1. The van der Waals surface area contributed by atoms with Gasteiger partial charge in [0, 0.05) is 26.0 Å². The van der Waals surface area contributed by atoms with Gasteiger partial charge in [0.2, 0.25) is 17.6 Å².